The van der Waals surface area contributed by atoms with Crippen LogP contribution >= 0.6 is 35.6 Å². The lowest BCUT2D eigenvalue weighted by Crippen LogP contribution is -2.56. The maximum atomic E-state index is 6.10. The van der Waals surface area contributed by atoms with Crippen molar-refractivity contribution in [2.24, 2.45) is 4.99 Å². The van der Waals surface area contributed by atoms with E-state index in [9.17, 15) is 0 Å². The van der Waals surface area contributed by atoms with Crippen LogP contribution in [0.25, 0.3) is 0 Å². The maximum Gasteiger partial charge on any atom is 0.191 e. The molecule has 2 fully saturated rings. The predicted molar refractivity (Wildman–Crippen MR) is 119 cm³/mol. The van der Waals surface area contributed by atoms with Crippen molar-refractivity contribution in [2.45, 2.75) is 37.8 Å². The highest BCUT2D eigenvalue weighted by Crippen LogP contribution is 2.41. The van der Waals surface area contributed by atoms with Gasteiger partial charge in [-0.1, -0.05) is 23.7 Å². The highest BCUT2D eigenvalue weighted by Gasteiger charge is 2.39. The summed E-state index contributed by atoms with van der Waals surface area (Å²) in [7, 11) is 1.83. The Kier molecular flexibility index (Phi) is 8.00. The smallest absolute Gasteiger partial charge is 0.191 e. The van der Waals surface area contributed by atoms with E-state index in [-0.39, 0.29) is 29.5 Å². The number of morpholine rings is 1. The number of hydrogen-bond acceptors (Lipinski definition) is 3. The average molecular weight is 493 g/mol. The van der Waals surface area contributed by atoms with Gasteiger partial charge < -0.3 is 15.4 Å². The molecule has 0 aromatic heterocycles. The standard InChI is InChI=1S/C19H29ClN4O.HI/c1-19(2,24-7-9-25-10-8-24)13-22-18(21-3)23-17-12-16(17)14-5-4-6-15(20)11-14;/h4-6,11,16-17H,7-10,12-13H2,1-3H3,(H2,21,22,23);1H. The molecule has 1 aliphatic carbocycles. The molecule has 26 heavy (non-hydrogen) atoms. The Morgan fingerprint density at radius 1 is 1.35 bits per heavy atom. The normalized spacial score (nSPS) is 23.9. The molecule has 1 heterocycles. The van der Waals surface area contributed by atoms with E-state index in [0.717, 1.165) is 50.3 Å². The van der Waals surface area contributed by atoms with Crippen molar-refractivity contribution < 1.29 is 4.74 Å². The van der Waals surface area contributed by atoms with Gasteiger partial charge in [-0.3, -0.25) is 9.89 Å². The first kappa shape index (κ1) is 21.7. The van der Waals surface area contributed by atoms with Crippen molar-refractivity contribution >= 4 is 41.5 Å². The quantitative estimate of drug-likeness (QED) is 0.377. The molecule has 0 amide bonds. The van der Waals surface area contributed by atoms with E-state index in [4.69, 9.17) is 16.3 Å². The zero-order valence-corrected chi connectivity index (χ0v) is 18.9. The monoisotopic (exact) mass is 492 g/mol. The van der Waals surface area contributed by atoms with Gasteiger partial charge in [0.2, 0.25) is 0 Å². The van der Waals surface area contributed by atoms with Gasteiger partial charge in [0.05, 0.1) is 13.2 Å². The molecule has 2 aliphatic rings. The highest BCUT2D eigenvalue weighted by atomic mass is 127. The molecule has 3 rings (SSSR count). The molecule has 0 bridgehead atoms. The fourth-order valence-electron chi connectivity index (χ4n) is 3.41. The lowest BCUT2D eigenvalue weighted by molar-refractivity contribution is -0.00834. The van der Waals surface area contributed by atoms with Crippen LogP contribution in [0.1, 0.15) is 31.7 Å². The molecule has 2 unspecified atom stereocenters. The SMILES string of the molecule is CN=C(NCC(C)(C)N1CCOCC1)NC1CC1c1cccc(Cl)c1.I. The minimum atomic E-state index is 0. The van der Waals surface area contributed by atoms with Crippen molar-refractivity contribution in [1.29, 1.82) is 0 Å². The Morgan fingerprint density at radius 2 is 2.08 bits per heavy atom. The van der Waals surface area contributed by atoms with Crippen LogP contribution in [0.3, 0.4) is 0 Å². The molecule has 2 atom stereocenters. The van der Waals surface area contributed by atoms with Crippen LogP contribution in [0, 0.1) is 0 Å². The van der Waals surface area contributed by atoms with E-state index >= 15 is 0 Å². The third-order valence-corrected chi connectivity index (χ3v) is 5.40. The largest absolute Gasteiger partial charge is 0.379 e. The first-order valence-electron chi connectivity index (χ1n) is 9.05. The highest BCUT2D eigenvalue weighted by molar-refractivity contribution is 14.0. The number of ether oxygens (including phenoxy) is 1. The summed E-state index contributed by atoms with van der Waals surface area (Å²) in [6.45, 7) is 9.00. The third kappa shape index (κ3) is 5.71. The van der Waals surface area contributed by atoms with Crippen LogP contribution in [-0.2, 0) is 4.74 Å². The van der Waals surface area contributed by atoms with E-state index < -0.39 is 0 Å². The van der Waals surface area contributed by atoms with Gasteiger partial charge in [0.25, 0.3) is 0 Å². The molecule has 5 nitrogen and oxygen atoms in total. The van der Waals surface area contributed by atoms with Crippen LogP contribution in [0.15, 0.2) is 29.3 Å². The zero-order valence-electron chi connectivity index (χ0n) is 15.8. The average Bonchev–Trinajstić information content (AvgIpc) is 3.38. The van der Waals surface area contributed by atoms with Crippen LogP contribution in [0.2, 0.25) is 5.02 Å². The van der Waals surface area contributed by atoms with Crippen LogP contribution in [0.5, 0.6) is 0 Å². The molecule has 1 saturated heterocycles. The maximum absolute atomic E-state index is 6.10. The molecule has 0 radical (unpaired) electrons. The van der Waals surface area contributed by atoms with Gasteiger partial charge in [-0.05, 0) is 38.0 Å². The molecule has 7 heteroatoms. The van der Waals surface area contributed by atoms with Gasteiger partial charge in [0.1, 0.15) is 0 Å². The van der Waals surface area contributed by atoms with Crippen molar-refractivity contribution in [3.8, 4) is 0 Å². The summed E-state index contributed by atoms with van der Waals surface area (Å²) < 4.78 is 5.46. The Bertz CT molecular complexity index is 619. The Labute approximate surface area is 178 Å². The Hall–Kier alpha value is -0.570. The van der Waals surface area contributed by atoms with Gasteiger partial charge in [-0.15, -0.1) is 24.0 Å². The molecular formula is C19H30ClIN4O. The first-order chi connectivity index (χ1) is 12.0. The first-order valence-corrected chi connectivity index (χ1v) is 9.43. The lowest BCUT2D eigenvalue weighted by Gasteiger charge is -2.41. The number of aliphatic imine (C=N–C) groups is 1. The summed E-state index contributed by atoms with van der Waals surface area (Å²) in [5.41, 5.74) is 1.37. The van der Waals surface area contributed by atoms with Crippen molar-refractivity contribution in [2.75, 3.05) is 39.9 Å². The van der Waals surface area contributed by atoms with Crippen molar-refractivity contribution in [1.82, 2.24) is 15.5 Å². The number of nitrogens with zero attached hydrogens (tertiary/aromatic N) is 2. The third-order valence-electron chi connectivity index (χ3n) is 5.17. The number of halogens is 2. The van der Waals surface area contributed by atoms with Crippen LogP contribution < -0.4 is 10.6 Å². The van der Waals surface area contributed by atoms with Crippen molar-refractivity contribution in [3.05, 3.63) is 34.9 Å². The number of guanidine groups is 1. The van der Waals surface area contributed by atoms with Gasteiger partial charge in [0, 0.05) is 49.2 Å². The molecule has 1 aromatic carbocycles. The zero-order chi connectivity index (χ0) is 17.9. The fraction of sp³-hybridized carbons (Fsp3) is 0.632. The van der Waals surface area contributed by atoms with E-state index in [1.54, 1.807) is 0 Å². The second-order valence-electron chi connectivity index (χ2n) is 7.49. The number of hydrogen-bond donors (Lipinski definition) is 2. The van der Waals surface area contributed by atoms with Crippen LogP contribution in [-0.4, -0.2) is 62.3 Å². The summed E-state index contributed by atoms with van der Waals surface area (Å²) in [5, 5.41) is 7.83. The van der Waals surface area contributed by atoms with E-state index in [1.165, 1.54) is 5.56 Å². The summed E-state index contributed by atoms with van der Waals surface area (Å²) in [6, 6.07) is 8.58. The minimum Gasteiger partial charge on any atom is -0.379 e. The van der Waals surface area contributed by atoms with E-state index in [0.29, 0.717) is 12.0 Å². The van der Waals surface area contributed by atoms with Gasteiger partial charge in [-0.2, -0.15) is 0 Å². The molecule has 2 N–H and O–H groups in total. The van der Waals surface area contributed by atoms with Crippen molar-refractivity contribution in [3.63, 3.8) is 0 Å². The van der Waals surface area contributed by atoms with Gasteiger partial charge in [0.15, 0.2) is 5.96 Å². The van der Waals surface area contributed by atoms with E-state index in [1.807, 2.05) is 19.2 Å². The minimum absolute atomic E-state index is 0. The molecule has 1 aromatic rings. The summed E-state index contributed by atoms with van der Waals surface area (Å²) >= 11 is 6.10. The Balaban J connectivity index is 0.00000243. The number of benzene rings is 1. The summed E-state index contributed by atoms with van der Waals surface area (Å²) in [4.78, 5) is 6.86. The van der Waals surface area contributed by atoms with Gasteiger partial charge in [-0.25, -0.2) is 0 Å². The topological polar surface area (TPSA) is 48.9 Å². The van der Waals surface area contributed by atoms with Crippen LogP contribution in [0.4, 0.5) is 0 Å². The summed E-state index contributed by atoms with van der Waals surface area (Å²) in [6.07, 6.45) is 1.12. The second-order valence-corrected chi connectivity index (χ2v) is 7.92. The molecular weight excluding hydrogens is 463 g/mol. The predicted octanol–water partition coefficient (Wildman–Crippen LogP) is 3.09. The Morgan fingerprint density at radius 3 is 2.73 bits per heavy atom. The number of rotatable bonds is 5. The van der Waals surface area contributed by atoms with E-state index in [2.05, 4.69) is 46.5 Å². The molecule has 1 aliphatic heterocycles. The fourth-order valence-corrected chi connectivity index (χ4v) is 3.61. The molecule has 1 saturated carbocycles. The molecule has 0 spiro atoms. The summed E-state index contributed by atoms with van der Waals surface area (Å²) in [5.74, 6) is 1.39. The second kappa shape index (κ2) is 9.57. The molecule has 146 valence electrons. The lowest BCUT2D eigenvalue weighted by atomic mass is 10.0. The van der Waals surface area contributed by atoms with Gasteiger partial charge >= 0.3 is 0 Å². The number of nitrogens with one attached hydrogen (secondary N) is 2.